The van der Waals surface area contributed by atoms with E-state index in [1.807, 2.05) is 18.9 Å². The van der Waals surface area contributed by atoms with Crippen molar-refractivity contribution in [2.45, 2.75) is 31.9 Å². The minimum absolute atomic E-state index is 0.0651. The van der Waals surface area contributed by atoms with E-state index in [0.717, 1.165) is 18.1 Å². The van der Waals surface area contributed by atoms with Crippen LogP contribution in [0.15, 0.2) is 0 Å². The van der Waals surface area contributed by atoms with Crippen molar-refractivity contribution in [3.05, 3.63) is 4.88 Å². The van der Waals surface area contributed by atoms with Crippen LogP contribution in [0.2, 0.25) is 0 Å². The second kappa shape index (κ2) is 8.33. The van der Waals surface area contributed by atoms with E-state index in [2.05, 4.69) is 17.2 Å². The highest BCUT2D eigenvalue weighted by Gasteiger charge is 2.18. The Morgan fingerprint density at radius 2 is 2.24 bits per heavy atom. The maximum Gasteiger partial charge on any atom is 0.265 e. The quantitative estimate of drug-likeness (QED) is 0.752. The predicted octanol–water partition coefficient (Wildman–Crippen LogP) is 1.46. The molecule has 1 amide bonds. The van der Waals surface area contributed by atoms with E-state index in [0.29, 0.717) is 17.8 Å². The van der Waals surface area contributed by atoms with Gasteiger partial charge in [-0.15, -0.1) is 0 Å². The zero-order valence-corrected chi connectivity index (χ0v) is 14.6. The summed E-state index contributed by atoms with van der Waals surface area (Å²) in [6.07, 6.45) is 3.35. The average molecular weight is 332 g/mol. The van der Waals surface area contributed by atoms with Crippen LogP contribution in [-0.4, -0.2) is 46.7 Å². The average Bonchev–Trinajstić information content (AvgIpc) is 2.80. The number of hydrogen-bond acceptors (Lipinski definition) is 6. The van der Waals surface area contributed by atoms with Crippen LogP contribution in [0.4, 0.5) is 10.9 Å². The van der Waals surface area contributed by atoms with Crippen molar-refractivity contribution >= 4 is 39.0 Å². The van der Waals surface area contributed by atoms with Crippen LogP contribution in [0.3, 0.4) is 0 Å². The van der Waals surface area contributed by atoms with Gasteiger partial charge in [-0.1, -0.05) is 25.2 Å². The summed E-state index contributed by atoms with van der Waals surface area (Å²) in [6.45, 7) is 5.34. The van der Waals surface area contributed by atoms with Crippen LogP contribution in [0.1, 0.15) is 36.4 Å². The largest absolute Gasteiger partial charge is 0.382 e. The van der Waals surface area contributed by atoms with Gasteiger partial charge < -0.3 is 16.0 Å². The van der Waals surface area contributed by atoms with Gasteiger partial charge in [0.05, 0.1) is 0 Å². The molecule has 6 nitrogen and oxygen atoms in total. The number of thiazole rings is 1. The van der Waals surface area contributed by atoms with E-state index in [-0.39, 0.29) is 17.0 Å². The highest BCUT2D eigenvalue weighted by atomic mass is 32.2. The molecular formula is C13H24N4O2S2. The van der Waals surface area contributed by atoms with Gasteiger partial charge in [-0.2, -0.15) is 0 Å². The molecule has 21 heavy (non-hydrogen) atoms. The maximum absolute atomic E-state index is 12.1. The topological polar surface area (TPSA) is 88.3 Å². The lowest BCUT2D eigenvalue weighted by Crippen LogP contribution is -2.27. The molecule has 1 heterocycles. The van der Waals surface area contributed by atoms with E-state index >= 15 is 0 Å². The molecule has 0 aromatic carbocycles. The number of nitrogens with zero attached hydrogens (tertiary/aromatic N) is 2. The summed E-state index contributed by atoms with van der Waals surface area (Å²) < 4.78 is 11.2. The number of nitrogens with one attached hydrogen (secondary N) is 1. The molecule has 8 heteroatoms. The van der Waals surface area contributed by atoms with Gasteiger partial charge in [-0.05, 0) is 12.8 Å². The molecule has 120 valence electrons. The smallest absolute Gasteiger partial charge is 0.265 e. The fourth-order valence-electron chi connectivity index (χ4n) is 1.71. The summed E-state index contributed by atoms with van der Waals surface area (Å²) in [7, 11) is 1.06. The van der Waals surface area contributed by atoms with E-state index in [1.165, 1.54) is 11.3 Å². The first-order valence-electron chi connectivity index (χ1n) is 6.94. The molecule has 0 aliphatic carbocycles. The van der Waals surface area contributed by atoms with Crippen LogP contribution in [0, 0.1) is 0 Å². The summed E-state index contributed by atoms with van der Waals surface area (Å²) in [4.78, 5) is 18.8. The first kappa shape index (κ1) is 17.9. The first-order chi connectivity index (χ1) is 9.86. The molecule has 0 aliphatic rings. The zero-order valence-electron chi connectivity index (χ0n) is 13.0. The molecule has 0 aliphatic heterocycles. The Kier molecular flexibility index (Phi) is 7.10. The summed E-state index contributed by atoms with van der Waals surface area (Å²) in [6, 6.07) is 0. The third-order valence-electron chi connectivity index (χ3n) is 3.14. The van der Waals surface area contributed by atoms with Crippen molar-refractivity contribution in [1.82, 2.24) is 10.3 Å². The second-order valence-corrected chi connectivity index (χ2v) is 7.77. The van der Waals surface area contributed by atoms with Crippen LogP contribution < -0.4 is 16.0 Å². The zero-order chi connectivity index (χ0) is 16.0. The number of rotatable bonds is 8. The Bertz CT molecular complexity index is 504. The van der Waals surface area contributed by atoms with E-state index in [9.17, 15) is 9.00 Å². The van der Waals surface area contributed by atoms with Gasteiger partial charge in [0.1, 0.15) is 10.7 Å². The monoisotopic (exact) mass is 332 g/mol. The highest BCUT2D eigenvalue weighted by Crippen LogP contribution is 2.27. The van der Waals surface area contributed by atoms with Gasteiger partial charge >= 0.3 is 0 Å². The summed E-state index contributed by atoms with van der Waals surface area (Å²) in [5.74, 6) is 0.0535. The SMILES string of the molecule is CCCN(C)c1nc(N)c(C(=O)NCCC(C)S(C)=O)s1. The molecule has 0 saturated carbocycles. The van der Waals surface area contributed by atoms with Gasteiger partial charge in [0.25, 0.3) is 5.91 Å². The lowest BCUT2D eigenvalue weighted by molar-refractivity contribution is 0.0958. The third-order valence-corrected chi connectivity index (χ3v) is 5.69. The third kappa shape index (κ3) is 5.28. The molecule has 0 radical (unpaired) electrons. The Labute approximate surface area is 132 Å². The summed E-state index contributed by atoms with van der Waals surface area (Å²) >= 11 is 1.30. The second-order valence-electron chi connectivity index (χ2n) is 4.99. The Hall–Kier alpha value is -1.15. The van der Waals surface area contributed by atoms with Gasteiger partial charge in [-0.25, -0.2) is 4.98 Å². The van der Waals surface area contributed by atoms with E-state index in [1.54, 1.807) is 6.26 Å². The van der Waals surface area contributed by atoms with Crippen LogP contribution >= 0.6 is 11.3 Å². The van der Waals surface area contributed by atoms with Crippen molar-refractivity contribution < 1.29 is 9.00 Å². The molecule has 1 aromatic rings. The first-order valence-corrected chi connectivity index (χ1v) is 9.38. The van der Waals surface area contributed by atoms with Gasteiger partial charge in [0.2, 0.25) is 0 Å². The van der Waals surface area contributed by atoms with Gasteiger partial charge in [-0.3, -0.25) is 9.00 Å². The Morgan fingerprint density at radius 1 is 1.57 bits per heavy atom. The number of carbonyl (C=O) groups is 1. The number of nitrogens with two attached hydrogens (primary N) is 1. The standard InChI is InChI=1S/C13H24N4O2S2/c1-5-8-17(3)13-16-11(14)10(20-13)12(18)15-7-6-9(2)21(4)19/h9H,5-8,14H2,1-4H3,(H,15,18). The molecule has 0 saturated heterocycles. The van der Waals surface area contributed by atoms with Crippen molar-refractivity contribution in [1.29, 1.82) is 0 Å². The van der Waals surface area contributed by atoms with Crippen LogP contribution in [-0.2, 0) is 10.8 Å². The van der Waals surface area contributed by atoms with E-state index < -0.39 is 10.8 Å². The van der Waals surface area contributed by atoms with Crippen LogP contribution in [0.25, 0.3) is 0 Å². The Balaban J connectivity index is 2.60. The fourth-order valence-corrected chi connectivity index (χ4v) is 3.05. The van der Waals surface area contributed by atoms with Crippen molar-refractivity contribution in [2.24, 2.45) is 0 Å². The number of hydrogen-bond donors (Lipinski definition) is 2. The van der Waals surface area contributed by atoms with Crippen LogP contribution in [0.5, 0.6) is 0 Å². The minimum Gasteiger partial charge on any atom is -0.382 e. The molecule has 0 fully saturated rings. The lowest BCUT2D eigenvalue weighted by Gasteiger charge is -2.13. The molecule has 3 N–H and O–H groups in total. The highest BCUT2D eigenvalue weighted by molar-refractivity contribution is 7.84. The molecule has 2 atom stereocenters. The molecule has 1 aromatic heterocycles. The predicted molar refractivity (Wildman–Crippen MR) is 90.6 cm³/mol. The van der Waals surface area contributed by atoms with Gasteiger partial charge in [0, 0.05) is 42.4 Å². The van der Waals surface area contributed by atoms with Crippen molar-refractivity contribution in [2.75, 3.05) is 37.0 Å². The Morgan fingerprint density at radius 3 is 2.81 bits per heavy atom. The molecule has 1 rings (SSSR count). The van der Waals surface area contributed by atoms with Crippen molar-refractivity contribution in [3.8, 4) is 0 Å². The van der Waals surface area contributed by atoms with Gasteiger partial charge in [0.15, 0.2) is 5.13 Å². The number of nitrogen functional groups attached to an aromatic ring is 1. The number of amides is 1. The maximum atomic E-state index is 12.1. The summed E-state index contributed by atoms with van der Waals surface area (Å²) in [5.41, 5.74) is 5.82. The number of carbonyl (C=O) groups excluding carboxylic acids is 1. The molecule has 0 spiro atoms. The fraction of sp³-hybridized carbons (Fsp3) is 0.692. The lowest BCUT2D eigenvalue weighted by atomic mass is 10.3. The minimum atomic E-state index is -0.871. The normalized spacial score (nSPS) is 13.7. The molecule has 0 bridgehead atoms. The van der Waals surface area contributed by atoms with E-state index in [4.69, 9.17) is 5.73 Å². The number of anilines is 2. The summed E-state index contributed by atoms with van der Waals surface area (Å²) in [5, 5.41) is 3.63. The molecule has 2 unspecified atom stereocenters. The van der Waals surface area contributed by atoms with Crippen molar-refractivity contribution in [3.63, 3.8) is 0 Å². The number of aromatic nitrogens is 1. The molecular weight excluding hydrogens is 308 g/mol.